The first kappa shape index (κ1) is 20.0. The first-order valence-electron chi connectivity index (χ1n) is 9.70. The number of hydrogen-bond acceptors (Lipinski definition) is 4. The molecule has 0 radical (unpaired) electrons. The fourth-order valence-corrected chi connectivity index (χ4v) is 4.54. The van der Waals surface area contributed by atoms with E-state index >= 15 is 0 Å². The number of benzene rings is 2. The summed E-state index contributed by atoms with van der Waals surface area (Å²) >= 11 is 1.36. The highest BCUT2D eigenvalue weighted by Crippen LogP contribution is 2.37. The molecule has 1 aliphatic heterocycles. The molecule has 0 spiro atoms. The minimum atomic E-state index is -1.36. The Balaban J connectivity index is 1.78. The van der Waals surface area contributed by atoms with Gasteiger partial charge in [0.15, 0.2) is 11.3 Å². The SMILES string of the molecule is Cc1ccc(C(=O)CN2C(=O)NC(c3ccccc3)(c3ccc(C)c(C)c3)C2=O)s1. The van der Waals surface area contributed by atoms with Crippen molar-refractivity contribution in [2.45, 2.75) is 26.3 Å². The minimum Gasteiger partial charge on any atom is -0.315 e. The molecule has 1 aliphatic rings. The molecule has 1 atom stereocenters. The fourth-order valence-electron chi connectivity index (χ4n) is 3.75. The standard InChI is InChI=1S/C24H22N2O3S/c1-15-9-11-19(13-16(15)2)24(18-7-5-4-6-8-18)22(28)26(23(29)25-24)14-20(27)21-12-10-17(3)30-21/h4-13H,14H2,1-3H3,(H,25,29). The molecule has 1 N–H and O–H groups in total. The van der Waals surface area contributed by atoms with Crippen molar-refractivity contribution in [3.63, 3.8) is 0 Å². The van der Waals surface area contributed by atoms with Gasteiger partial charge in [-0.25, -0.2) is 4.79 Å². The molecule has 1 aromatic heterocycles. The van der Waals surface area contributed by atoms with Crippen molar-refractivity contribution in [2.75, 3.05) is 6.54 Å². The number of aryl methyl sites for hydroxylation is 3. The number of hydrogen-bond donors (Lipinski definition) is 1. The number of Topliss-reactive ketones (excluding diaryl/α,β-unsaturated/α-hetero) is 1. The second-order valence-corrected chi connectivity index (χ2v) is 8.86. The van der Waals surface area contributed by atoms with E-state index in [-0.39, 0.29) is 12.3 Å². The van der Waals surface area contributed by atoms with E-state index in [9.17, 15) is 14.4 Å². The van der Waals surface area contributed by atoms with Crippen LogP contribution in [0.4, 0.5) is 4.79 Å². The molecule has 1 fully saturated rings. The van der Waals surface area contributed by atoms with Gasteiger partial charge in [-0.1, -0.05) is 48.5 Å². The van der Waals surface area contributed by atoms with E-state index < -0.39 is 17.5 Å². The smallest absolute Gasteiger partial charge is 0.315 e. The molecule has 0 bridgehead atoms. The van der Waals surface area contributed by atoms with Gasteiger partial charge in [0.2, 0.25) is 0 Å². The molecule has 2 heterocycles. The second kappa shape index (κ2) is 7.54. The van der Waals surface area contributed by atoms with Crippen molar-refractivity contribution < 1.29 is 14.4 Å². The van der Waals surface area contributed by atoms with Gasteiger partial charge in [-0.05, 0) is 55.2 Å². The summed E-state index contributed by atoms with van der Waals surface area (Å²) in [6.45, 7) is 5.59. The zero-order valence-corrected chi connectivity index (χ0v) is 17.9. The Morgan fingerprint density at radius 1 is 0.933 bits per heavy atom. The predicted octanol–water partition coefficient (Wildman–Crippen LogP) is 4.35. The molecule has 5 nitrogen and oxygen atoms in total. The molecule has 1 unspecified atom stereocenters. The van der Waals surface area contributed by atoms with Crippen LogP contribution in [0.5, 0.6) is 0 Å². The fraction of sp³-hybridized carbons (Fsp3) is 0.208. The highest BCUT2D eigenvalue weighted by molar-refractivity contribution is 7.14. The van der Waals surface area contributed by atoms with Crippen molar-refractivity contribution >= 4 is 29.1 Å². The lowest BCUT2D eigenvalue weighted by atomic mass is 9.81. The van der Waals surface area contributed by atoms with Gasteiger partial charge < -0.3 is 5.32 Å². The van der Waals surface area contributed by atoms with Crippen LogP contribution in [0.15, 0.2) is 60.7 Å². The van der Waals surface area contributed by atoms with Gasteiger partial charge in [0.25, 0.3) is 5.91 Å². The summed E-state index contributed by atoms with van der Waals surface area (Å²) < 4.78 is 0. The molecule has 4 rings (SSSR count). The Morgan fingerprint density at radius 2 is 1.67 bits per heavy atom. The number of thiophene rings is 1. The van der Waals surface area contributed by atoms with Crippen molar-refractivity contribution in [1.82, 2.24) is 10.2 Å². The van der Waals surface area contributed by atoms with E-state index in [1.807, 2.05) is 75.4 Å². The number of carbonyl (C=O) groups excluding carboxylic acids is 3. The third-order valence-corrected chi connectivity index (χ3v) is 6.61. The number of imide groups is 1. The van der Waals surface area contributed by atoms with Crippen molar-refractivity contribution in [2.24, 2.45) is 0 Å². The highest BCUT2D eigenvalue weighted by atomic mass is 32.1. The lowest BCUT2D eigenvalue weighted by Crippen LogP contribution is -2.45. The summed E-state index contributed by atoms with van der Waals surface area (Å²) in [7, 11) is 0. The first-order valence-corrected chi connectivity index (χ1v) is 10.5. The molecule has 6 heteroatoms. The van der Waals surface area contributed by atoms with Gasteiger partial charge in [-0.3, -0.25) is 14.5 Å². The third kappa shape index (κ3) is 3.23. The molecule has 152 valence electrons. The van der Waals surface area contributed by atoms with Crippen molar-refractivity contribution in [3.05, 3.63) is 92.7 Å². The summed E-state index contributed by atoms with van der Waals surface area (Å²) in [5.41, 5.74) is 2.10. The van der Waals surface area contributed by atoms with E-state index in [0.29, 0.717) is 16.0 Å². The van der Waals surface area contributed by atoms with Crippen molar-refractivity contribution in [1.29, 1.82) is 0 Å². The summed E-state index contributed by atoms with van der Waals surface area (Å²) in [4.78, 5) is 41.9. The summed E-state index contributed by atoms with van der Waals surface area (Å²) in [5.74, 6) is -0.691. The third-order valence-electron chi connectivity index (χ3n) is 5.57. The molecule has 0 aliphatic carbocycles. The number of urea groups is 1. The van der Waals surface area contributed by atoms with E-state index in [1.54, 1.807) is 6.07 Å². The molecule has 3 aromatic rings. The van der Waals surface area contributed by atoms with Crippen LogP contribution in [0.2, 0.25) is 0 Å². The van der Waals surface area contributed by atoms with Crippen LogP contribution in [0.1, 0.15) is 36.8 Å². The quantitative estimate of drug-likeness (QED) is 0.495. The molecular weight excluding hydrogens is 396 g/mol. The Hall–Kier alpha value is -3.25. The van der Waals surface area contributed by atoms with Crippen LogP contribution in [-0.2, 0) is 10.3 Å². The normalized spacial score (nSPS) is 18.6. The van der Waals surface area contributed by atoms with Crippen LogP contribution in [0, 0.1) is 20.8 Å². The number of carbonyl (C=O) groups is 3. The van der Waals surface area contributed by atoms with Crippen LogP contribution >= 0.6 is 11.3 Å². The Kier molecular flexibility index (Phi) is 5.03. The zero-order chi connectivity index (χ0) is 21.5. The zero-order valence-electron chi connectivity index (χ0n) is 17.1. The van der Waals surface area contributed by atoms with E-state index in [0.717, 1.165) is 20.9 Å². The van der Waals surface area contributed by atoms with Gasteiger partial charge in [-0.2, -0.15) is 0 Å². The first-order chi connectivity index (χ1) is 14.3. The Morgan fingerprint density at radius 3 is 2.30 bits per heavy atom. The topological polar surface area (TPSA) is 66.5 Å². The molecule has 30 heavy (non-hydrogen) atoms. The predicted molar refractivity (Wildman–Crippen MR) is 117 cm³/mol. The lowest BCUT2D eigenvalue weighted by Gasteiger charge is -2.28. The van der Waals surface area contributed by atoms with Gasteiger partial charge in [0.1, 0.15) is 0 Å². The maximum absolute atomic E-state index is 13.7. The summed E-state index contributed by atoms with van der Waals surface area (Å²) in [5, 5.41) is 2.90. The Bertz CT molecular complexity index is 1150. The number of nitrogens with zero attached hydrogens (tertiary/aromatic N) is 1. The lowest BCUT2D eigenvalue weighted by molar-refractivity contribution is -0.129. The molecule has 1 saturated heterocycles. The largest absolute Gasteiger partial charge is 0.325 e. The number of amides is 3. The van der Waals surface area contributed by atoms with Gasteiger partial charge in [0.05, 0.1) is 11.4 Å². The van der Waals surface area contributed by atoms with Crippen LogP contribution in [-0.4, -0.2) is 29.2 Å². The van der Waals surface area contributed by atoms with E-state index in [4.69, 9.17) is 0 Å². The minimum absolute atomic E-state index is 0.249. The number of ketones is 1. The maximum atomic E-state index is 13.7. The number of nitrogens with one attached hydrogen (secondary N) is 1. The van der Waals surface area contributed by atoms with E-state index in [2.05, 4.69) is 5.32 Å². The molecular formula is C24H22N2O3S. The molecule has 2 aromatic carbocycles. The monoisotopic (exact) mass is 418 g/mol. The Labute approximate surface area is 179 Å². The number of rotatable bonds is 5. The maximum Gasteiger partial charge on any atom is 0.325 e. The van der Waals surface area contributed by atoms with Crippen molar-refractivity contribution in [3.8, 4) is 0 Å². The average Bonchev–Trinajstić information content (AvgIpc) is 3.28. The second-order valence-electron chi connectivity index (χ2n) is 7.57. The van der Waals surface area contributed by atoms with Gasteiger partial charge in [-0.15, -0.1) is 11.3 Å². The van der Waals surface area contributed by atoms with E-state index in [1.165, 1.54) is 11.3 Å². The summed E-state index contributed by atoms with van der Waals surface area (Å²) in [6.07, 6.45) is 0. The average molecular weight is 419 g/mol. The highest BCUT2D eigenvalue weighted by Gasteiger charge is 2.54. The molecule has 0 saturated carbocycles. The summed E-state index contributed by atoms with van der Waals surface area (Å²) in [6, 6.07) is 17.9. The van der Waals surface area contributed by atoms with Crippen LogP contribution < -0.4 is 5.32 Å². The van der Waals surface area contributed by atoms with Crippen LogP contribution in [0.25, 0.3) is 0 Å². The van der Waals surface area contributed by atoms with Gasteiger partial charge in [0, 0.05) is 4.88 Å². The van der Waals surface area contributed by atoms with Gasteiger partial charge >= 0.3 is 6.03 Å². The van der Waals surface area contributed by atoms with Crippen LogP contribution in [0.3, 0.4) is 0 Å². The molecule has 3 amide bonds.